The van der Waals surface area contributed by atoms with Crippen LogP contribution in [0.5, 0.6) is 5.75 Å². The first-order valence-electron chi connectivity index (χ1n) is 10.6. The van der Waals surface area contributed by atoms with Gasteiger partial charge < -0.3 is 14.5 Å². The van der Waals surface area contributed by atoms with Crippen LogP contribution in [0, 0.1) is 13.8 Å². The second-order valence-corrected chi connectivity index (χ2v) is 7.60. The highest BCUT2D eigenvalue weighted by Gasteiger charge is 2.22. The van der Waals surface area contributed by atoms with Crippen LogP contribution in [-0.2, 0) is 4.79 Å². The van der Waals surface area contributed by atoms with Crippen LogP contribution in [0.3, 0.4) is 0 Å². The molecule has 4 aromatic rings. The molecule has 0 radical (unpaired) electrons. The van der Waals surface area contributed by atoms with Crippen LogP contribution in [0.4, 0.5) is 5.69 Å². The van der Waals surface area contributed by atoms with E-state index in [2.05, 4.69) is 15.5 Å². The van der Waals surface area contributed by atoms with Gasteiger partial charge in [0, 0.05) is 11.3 Å². The van der Waals surface area contributed by atoms with Crippen LogP contribution >= 0.6 is 0 Å². The fourth-order valence-corrected chi connectivity index (χ4v) is 3.33. The summed E-state index contributed by atoms with van der Waals surface area (Å²) in [6.45, 7) is 5.87. The van der Waals surface area contributed by atoms with E-state index in [9.17, 15) is 4.79 Å². The van der Waals surface area contributed by atoms with E-state index < -0.39 is 6.10 Å². The van der Waals surface area contributed by atoms with Crippen molar-refractivity contribution in [3.63, 3.8) is 0 Å². The van der Waals surface area contributed by atoms with Gasteiger partial charge >= 0.3 is 0 Å². The van der Waals surface area contributed by atoms with Gasteiger partial charge in [0.05, 0.1) is 5.56 Å². The maximum absolute atomic E-state index is 13.0. The Morgan fingerprint density at radius 2 is 1.69 bits per heavy atom. The molecule has 0 saturated heterocycles. The minimum atomic E-state index is -0.674. The van der Waals surface area contributed by atoms with Crippen LogP contribution in [0.2, 0.25) is 0 Å². The van der Waals surface area contributed by atoms with Gasteiger partial charge in [0.2, 0.25) is 5.89 Å². The number of aromatic nitrogens is 2. The lowest BCUT2D eigenvalue weighted by Gasteiger charge is -2.19. The van der Waals surface area contributed by atoms with Gasteiger partial charge in [-0.05, 0) is 61.7 Å². The molecule has 32 heavy (non-hydrogen) atoms. The van der Waals surface area contributed by atoms with Crippen LogP contribution in [0.15, 0.2) is 77.2 Å². The fourth-order valence-electron chi connectivity index (χ4n) is 3.33. The summed E-state index contributed by atoms with van der Waals surface area (Å²) >= 11 is 0. The number of carbonyl (C=O) groups excluding carboxylic acids is 1. The van der Waals surface area contributed by atoms with Gasteiger partial charge in [-0.25, -0.2) is 0 Å². The van der Waals surface area contributed by atoms with Crippen LogP contribution in [-0.4, -0.2) is 22.2 Å². The Bertz CT molecular complexity index is 1220. The van der Waals surface area contributed by atoms with Crippen molar-refractivity contribution in [2.24, 2.45) is 0 Å². The molecule has 1 heterocycles. The van der Waals surface area contributed by atoms with Crippen LogP contribution < -0.4 is 10.1 Å². The summed E-state index contributed by atoms with van der Waals surface area (Å²) in [6, 6.07) is 22.9. The average molecular weight is 428 g/mol. The van der Waals surface area contributed by atoms with E-state index in [0.717, 1.165) is 22.4 Å². The molecule has 6 heteroatoms. The van der Waals surface area contributed by atoms with Crippen molar-refractivity contribution >= 4 is 11.6 Å². The smallest absolute Gasteiger partial charge is 0.265 e. The van der Waals surface area contributed by atoms with Gasteiger partial charge in [-0.1, -0.05) is 49.4 Å². The SMILES string of the molecule is CC[C@H](Oc1ccccc1-c1nnc(-c2ccccc2)o1)C(=O)Nc1cc(C)ccc1C. The lowest BCUT2D eigenvalue weighted by atomic mass is 10.1. The zero-order valence-electron chi connectivity index (χ0n) is 18.3. The first-order chi connectivity index (χ1) is 15.5. The average Bonchev–Trinajstić information content (AvgIpc) is 3.31. The monoisotopic (exact) mass is 427 g/mol. The molecule has 0 aliphatic carbocycles. The Balaban J connectivity index is 1.56. The Kier molecular flexibility index (Phi) is 6.31. The molecule has 1 aromatic heterocycles. The predicted octanol–water partition coefficient (Wildman–Crippen LogP) is 5.82. The molecular weight excluding hydrogens is 402 g/mol. The first kappa shape index (κ1) is 21.3. The molecule has 162 valence electrons. The lowest BCUT2D eigenvalue weighted by molar-refractivity contribution is -0.122. The second-order valence-electron chi connectivity index (χ2n) is 7.60. The summed E-state index contributed by atoms with van der Waals surface area (Å²) in [5.74, 6) is 1.07. The van der Waals surface area contributed by atoms with Gasteiger partial charge in [0.1, 0.15) is 5.75 Å². The van der Waals surface area contributed by atoms with E-state index in [0.29, 0.717) is 29.5 Å². The molecule has 0 bridgehead atoms. The van der Waals surface area contributed by atoms with E-state index >= 15 is 0 Å². The van der Waals surface area contributed by atoms with Gasteiger partial charge in [-0.2, -0.15) is 0 Å². The largest absolute Gasteiger partial charge is 0.480 e. The van der Waals surface area contributed by atoms with Crippen molar-refractivity contribution in [1.82, 2.24) is 10.2 Å². The predicted molar refractivity (Wildman–Crippen MR) is 124 cm³/mol. The number of nitrogens with zero attached hydrogens (tertiary/aromatic N) is 2. The number of hydrogen-bond donors (Lipinski definition) is 1. The Morgan fingerprint density at radius 1 is 0.969 bits per heavy atom. The van der Waals surface area contributed by atoms with E-state index in [4.69, 9.17) is 9.15 Å². The summed E-state index contributed by atoms with van der Waals surface area (Å²) in [6.07, 6.45) is -0.169. The molecule has 0 fully saturated rings. The topological polar surface area (TPSA) is 77.2 Å². The van der Waals surface area contributed by atoms with Crippen molar-refractivity contribution in [2.45, 2.75) is 33.3 Å². The molecule has 6 nitrogen and oxygen atoms in total. The Morgan fingerprint density at radius 3 is 2.47 bits per heavy atom. The molecule has 1 atom stereocenters. The quantitative estimate of drug-likeness (QED) is 0.402. The lowest BCUT2D eigenvalue weighted by Crippen LogP contribution is -2.32. The minimum absolute atomic E-state index is 0.202. The number of aryl methyl sites for hydroxylation is 2. The Hall–Kier alpha value is -3.93. The normalized spacial score (nSPS) is 11.7. The maximum Gasteiger partial charge on any atom is 0.265 e. The molecule has 1 N–H and O–H groups in total. The summed E-state index contributed by atoms with van der Waals surface area (Å²) in [5, 5.41) is 11.3. The first-order valence-corrected chi connectivity index (χ1v) is 10.6. The highest BCUT2D eigenvalue weighted by molar-refractivity contribution is 5.95. The summed E-state index contributed by atoms with van der Waals surface area (Å²) in [7, 11) is 0. The number of anilines is 1. The number of carbonyl (C=O) groups is 1. The molecule has 0 unspecified atom stereocenters. The highest BCUT2D eigenvalue weighted by Crippen LogP contribution is 2.32. The van der Waals surface area contributed by atoms with E-state index in [-0.39, 0.29) is 5.91 Å². The maximum atomic E-state index is 13.0. The summed E-state index contributed by atoms with van der Waals surface area (Å²) in [4.78, 5) is 13.0. The molecule has 1 amide bonds. The van der Waals surface area contributed by atoms with Crippen molar-refractivity contribution in [3.8, 4) is 28.7 Å². The van der Waals surface area contributed by atoms with Gasteiger partial charge in [0.25, 0.3) is 11.8 Å². The standard InChI is InChI=1S/C26H25N3O3/c1-4-22(24(30)27-21-16-17(2)14-15-18(21)3)31-23-13-9-8-12-20(23)26-29-28-25(32-26)19-10-6-5-7-11-19/h5-16,22H,4H2,1-3H3,(H,27,30)/t22-/m0/s1. The van der Waals surface area contributed by atoms with Crippen molar-refractivity contribution < 1.29 is 13.9 Å². The van der Waals surface area contributed by atoms with E-state index in [1.165, 1.54) is 0 Å². The van der Waals surface area contributed by atoms with Crippen LogP contribution in [0.25, 0.3) is 22.9 Å². The van der Waals surface area contributed by atoms with Gasteiger partial charge in [0.15, 0.2) is 6.10 Å². The minimum Gasteiger partial charge on any atom is -0.480 e. The highest BCUT2D eigenvalue weighted by atomic mass is 16.5. The molecule has 3 aromatic carbocycles. The van der Waals surface area contributed by atoms with Crippen LogP contribution in [0.1, 0.15) is 24.5 Å². The van der Waals surface area contributed by atoms with Crippen molar-refractivity contribution in [1.29, 1.82) is 0 Å². The second kappa shape index (κ2) is 9.47. The number of para-hydroxylation sites is 1. The zero-order chi connectivity index (χ0) is 22.5. The molecule has 0 aliphatic heterocycles. The fraction of sp³-hybridized carbons (Fsp3) is 0.192. The van der Waals surface area contributed by atoms with E-state index in [1.54, 1.807) is 6.07 Å². The molecule has 4 rings (SSSR count). The molecular formula is C26H25N3O3. The number of hydrogen-bond acceptors (Lipinski definition) is 5. The number of amides is 1. The molecule has 0 aliphatic rings. The number of nitrogens with one attached hydrogen (secondary N) is 1. The third-order valence-corrected chi connectivity index (χ3v) is 5.15. The van der Waals surface area contributed by atoms with E-state index in [1.807, 2.05) is 87.5 Å². The zero-order valence-corrected chi connectivity index (χ0v) is 18.3. The third-order valence-electron chi connectivity index (χ3n) is 5.15. The number of rotatable bonds is 7. The molecule has 0 saturated carbocycles. The Labute approximate surface area is 187 Å². The molecule has 0 spiro atoms. The summed E-state index contributed by atoms with van der Waals surface area (Å²) in [5.41, 5.74) is 4.34. The number of ether oxygens (including phenoxy) is 1. The third kappa shape index (κ3) is 4.70. The summed E-state index contributed by atoms with van der Waals surface area (Å²) < 4.78 is 12.0. The van der Waals surface area contributed by atoms with Crippen molar-refractivity contribution in [2.75, 3.05) is 5.32 Å². The van der Waals surface area contributed by atoms with Gasteiger partial charge in [-0.3, -0.25) is 4.79 Å². The number of benzene rings is 3. The van der Waals surface area contributed by atoms with Crippen molar-refractivity contribution in [3.05, 3.63) is 83.9 Å². The van der Waals surface area contributed by atoms with Gasteiger partial charge in [-0.15, -0.1) is 10.2 Å².